The zero-order chi connectivity index (χ0) is 15.8. The Hall–Kier alpha value is -0.510. The van der Waals surface area contributed by atoms with Crippen LogP contribution >= 0.6 is 12.6 Å². The van der Waals surface area contributed by atoms with Gasteiger partial charge in [0.1, 0.15) is 5.78 Å². The van der Waals surface area contributed by atoms with Crippen LogP contribution in [0.4, 0.5) is 0 Å². The molecule has 0 unspecified atom stereocenters. The van der Waals surface area contributed by atoms with Gasteiger partial charge in [0, 0.05) is 20.5 Å². The number of ketones is 1. The fourth-order valence-corrected chi connectivity index (χ4v) is 1.35. The average Bonchev–Trinajstić information content (AvgIpc) is 2.28. The average molecular weight is 292 g/mol. The van der Waals surface area contributed by atoms with Crippen LogP contribution in [0.25, 0.3) is 0 Å². The molecule has 0 aromatic carbocycles. The molecule has 0 radical (unpaired) electrons. The SMILES string of the molecule is CC(=O)CC(C)C.CCCCC.CN(C)C(=O)CS. The summed E-state index contributed by atoms with van der Waals surface area (Å²) < 4.78 is 0. The van der Waals surface area contributed by atoms with Crippen molar-refractivity contribution in [2.24, 2.45) is 5.92 Å². The summed E-state index contributed by atoms with van der Waals surface area (Å²) in [5.41, 5.74) is 0. The number of hydrogen-bond donors (Lipinski definition) is 1. The van der Waals surface area contributed by atoms with Gasteiger partial charge in [0.15, 0.2) is 0 Å². The highest BCUT2D eigenvalue weighted by molar-refractivity contribution is 7.81. The fourth-order valence-electron chi connectivity index (χ4n) is 1.07. The second-order valence-electron chi connectivity index (χ2n) is 5.10. The van der Waals surface area contributed by atoms with Gasteiger partial charge in [-0.2, -0.15) is 12.6 Å². The topological polar surface area (TPSA) is 37.4 Å². The summed E-state index contributed by atoms with van der Waals surface area (Å²) in [6.45, 7) is 10.1. The van der Waals surface area contributed by atoms with Crippen molar-refractivity contribution >= 4 is 24.3 Å². The summed E-state index contributed by atoms with van der Waals surface area (Å²) >= 11 is 3.76. The first-order valence-corrected chi connectivity index (χ1v) is 7.66. The van der Waals surface area contributed by atoms with E-state index in [2.05, 4.69) is 26.5 Å². The third-order valence-electron chi connectivity index (χ3n) is 2.04. The van der Waals surface area contributed by atoms with E-state index in [4.69, 9.17) is 0 Å². The van der Waals surface area contributed by atoms with E-state index < -0.39 is 0 Å². The number of hydrogen-bond acceptors (Lipinski definition) is 3. The molecule has 116 valence electrons. The van der Waals surface area contributed by atoms with Crippen molar-refractivity contribution in [3.8, 4) is 0 Å². The normalized spacial score (nSPS) is 8.89. The minimum atomic E-state index is 0.0448. The van der Waals surface area contributed by atoms with Gasteiger partial charge in [-0.25, -0.2) is 0 Å². The minimum absolute atomic E-state index is 0.0448. The highest BCUT2D eigenvalue weighted by Gasteiger charge is 1.96. The van der Waals surface area contributed by atoms with Gasteiger partial charge >= 0.3 is 0 Å². The van der Waals surface area contributed by atoms with E-state index in [0.717, 1.165) is 6.42 Å². The fraction of sp³-hybridized carbons (Fsp3) is 0.867. The molecule has 0 saturated heterocycles. The largest absolute Gasteiger partial charge is 0.348 e. The highest BCUT2D eigenvalue weighted by atomic mass is 32.1. The summed E-state index contributed by atoms with van der Waals surface area (Å²) in [6, 6.07) is 0. The summed E-state index contributed by atoms with van der Waals surface area (Å²) in [7, 11) is 3.41. The smallest absolute Gasteiger partial charge is 0.231 e. The van der Waals surface area contributed by atoms with Gasteiger partial charge in [-0.15, -0.1) is 0 Å². The molecule has 0 spiro atoms. The number of unbranched alkanes of at least 4 members (excludes halogenated alkanes) is 2. The standard InChI is InChI=1S/C6H12O.C5H12.C4H9NOS/c1-5(2)4-6(3)7;1-3-5-4-2;1-5(2)4(6)3-7/h5H,4H2,1-3H3;3-5H2,1-2H3;7H,3H2,1-2H3. The van der Waals surface area contributed by atoms with E-state index >= 15 is 0 Å². The maximum absolute atomic E-state index is 10.4. The first-order chi connectivity index (χ1) is 8.72. The molecule has 19 heavy (non-hydrogen) atoms. The summed E-state index contributed by atoms with van der Waals surface area (Å²) in [5.74, 6) is 1.16. The molecule has 4 heteroatoms. The van der Waals surface area contributed by atoms with E-state index in [1.54, 1.807) is 21.0 Å². The Balaban J connectivity index is -0.000000206. The Morgan fingerprint density at radius 3 is 1.53 bits per heavy atom. The van der Waals surface area contributed by atoms with Gasteiger partial charge in [-0.3, -0.25) is 4.79 Å². The molecule has 0 aromatic heterocycles. The molecule has 0 bridgehead atoms. The van der Waals surface area contributed by atoms with Gasteiger partial charge < -0.3 is 9.69 Å². The molecule has 0 aliphatic heterocycles. The quantitative estimate of drug-likeness (QED) is 0.782. The maximum atomic E-state index is 10.4. The lowest BCUT2D eigenvalue weighted by atomic mass is 10.1. The van der Waals surface area contributed by atoms with Crippen molar-refractivity contribution in [2.45, 2.75) is 60.3 Å². The molecular formula is C15H33NO2S. The van der Waals surface area contributed by atoms with Crippen LogP contribution in [-0.2, 0) is 9.59 Å². The van der Waals surface area contributed by atoms with Gasteiger partial charge in [-0.05, 0) is 12.8 Å². The molecule has 0 atom stereocenters. The van der Waals surface area contributed by atoms with E-state index in [1.165, 1.54) is 24.2 Å². The minimum Gasteiger partial charge on any atom is -0.348 e. The lowest BCUT2D eigenvalue weighted by Crippen LogP contribution is -2.22. The zero-order valence-electron chi connectivity index (χ0n) is 13.8. The third kappa shape index (κ3) is 31.8. The predicted octanol–water partition coefficient (Wildman–Crippen LogP) is 3.82. The number of rotatable bonds is 5. The monoisotopic (exact) mass is 291 g/mol. The number of amides is 1. The lowest BCUT2D eigenvalue weighted by Gasteiger charge is -2.05. The first kappa shape index (κ1) is 23.6. The molecule has 0 heterocycles. The van der Waals surface area contributed by atoms with Crippen LogP contribution in [0.2, 0.25) is 0 Å². The van der Waals surface area contributed by atoms with Crippen molar-refractivity contribution < 1.29 is 9.59 Å². The molecule has 0 aliphatic carbocycles. The molecule has 3 nitrogen and oxygen atoms in total. The summed E-state index contributed by atoms with van der Waals surface area (Å²) in [5, 5.41) is 0. The zero-order valence-corrected chi connectivity index (χ0v) is 14.7. The molecule has 0 aromatic rings. The summed E-state index contributed by atoms with van der Waals surface area (Å²) in [4.78, 5) is 22.1. The number of thiol groups is 1. The highest BCUT2D eigenvalue weighted by Crippen LogP contribution is 1.97. The maximum Gasteiger partial charge on any atom is 0.231 e. The van der Waals surface area contributed by atoms with Crippen molar-refractivity contribution in [3.63, 3.8) is 0 Å². The molecule has 0 N–H and O–H groups in total. The Kier molecular flexibility index (Phi) is 21.7. The summed E-state index contributed by atoms with van der Waals surface area (Å²) in [6.07, 6.45) is 4.80. The van der Waals surface area contributed by atoms with Crippen molar-refractivity contribution in [1.29, 1.82) is 0 Å². The van der Waals surface area contributed by atoms with Crippen molar-refractivity contribution in [1.82, 2.24) is 4.90 Å². The van der Waals surface area contributed by atoms with E-state index in [-0.39, 0.29) is 11.7 Å². The van der Waals surface area contributed by atoms with Crippen LogP contribution in [0, 0.1) is 5.92 Å². The van der Waals surface area contributed by atoms with Crippen LogP contribution in [-0.4, -0.2) is 36.4 Å². The second kappa shape index (κ2) is 17.5. The Labute approximate surface area is 125 Å². The number of nitrogens with zero attached hydrogens (tertiary/aromatic N) is 1. The molecule has 1 amide bonds. The lowest BCUT2D eigenvalue weighted by molar-refractivity contribution is -0.125. The van der Waals surface area contributed by atoms with Crippen LogP contribution < -0.4 is 0 Å². The molecule has 0 rings (SSSR count). The van der Waals surface area contributed by atoms with Crippen molar-refractivity contribution in [3.05, 3.63) is 0 Å². The van der Waals surface area contributed by atoms with Gasteiger partial charge in [0.2, 0.25) is 5.91 Å². The molecule has 0 aliphatic rings. The predicted molar refractivity (Wildman–Crippen MR) is 87.9 cm³/mol. The van der Waals surface area contributed by atoms with Crippen LogP contribution in [0.3, 0.4) is 0 Å². The van der Waals surface area contributed by atoms with Gasteiger partial charge in [0.25, 0.3) is 0 Å². The molecular weight excluding hydrogens is 258 g/mol. The van der Waals surface area contributed by atoms with E-state index in [1.807, 2.05) is 13.8 Å². The Morgan fingerprint density at radius 2 is 1.53 bits per heavy atom. The van der Waals surface area contributed by atoms with E-state index in [0.29, 0.717) is 11.7 Å². The Bertz CT molecular complexity index is 214. The van der Waals surface area contributed by atoms with Crippen LogP contribution in [0.1, 0.15) is 60.3 Å². The van der Waals surface area contributed by atoms with Crippen LogP contribution in [0.15, 0.2) is 0 Å². The van der Waals surface area contributed by atoms with Gasteiger partial charge in [0.05, 0.1) is 5.75 Å². The van der Waals surface area contributed by atoms with Gasteiger partial charge in [-0.1, -0.05) is 47.0 Å². The first-order valence-electron chi connectivity index (χ1n) is 7.03. The van der Waals surface area contributed by atoms with E-state index in [9.17, 15) is 9.59 Å². The second-order valence-corrected chi connectivity index (χ2v) is 5.42. The third-order valence-corrected chi connectivity index (χ3v) is 2.31. The number of carbonyl (C=O) groups excluding carboxylic acids is 2. The molecule has 0 saturated carbocycles. The number of carbonyl (C=O) groups is 2. The van der Waals surface area contributed by atoms with Crippen LogP contribution in [0.5, 0.6) is 0 Å². The molecule has 0 fully saturated rings. The number of Topliss-reactive ketones (excluding diaryl/α,β-unsaturated/α-hetero) is 1. The Morgan fingerprint density at radius 1 is 1.11 bits per heavy atom. The van der Waals surface area contributed by atoms with Crippen molar-refractivity contribution in [2.75, 3.05) is 19.8 Å².